The van der Waals surface area contributed by atoms with Gasteiger partial charge in [-0.2, -0.15) is 13.2 Å². The van der Waals surface area contributed by atoms with E-state index >= 15 is 0 Å². The Bertz CT molecular complexity index is 749. The van der Waals surface area contributed by atoms with Gasteiger partial charge in [-0.05, 0) is 50.5 Å². The number of rotatable bonds is 5. The summed E-state index contributed by atoms with van der Waals surface area (Å²) in [6.45, 7) is 3.35. The van der Waals surface area contributed by atoms with Gasteiger partial charge in [0.05, 0.1) is 16.7 Å². The standard InChI is InChI=1S/C19H20F3NO2/c1-18(2,25)12-11-13-7-3-6-10-16(13)23-17(24)14-8-4-5-9-15(14)19(20,21)22/h3-10,25H,11-12H2,1-2H3,(H,23,24). The Balaban J connectivity index is 2.25. The highest BCUT2D eigenvalue weighted by molar-refractivity contribution is 6.05. The molecule has 0 aliphatic heterocycles. The van der Waals surface area contributed by atoms with E-state index in [9.17, 15) is 23.1 Å². The maximum atomic E-state index is 13.1. The summed E-state index contributed by atoms with van der Waals surface area (Å²) in [6.07, 6.45) is -3.66. The molecule has 0 aliphatic carbocycles. The molecule has 0 bridgehead atoms. The lowest BCUT2D eigenvalue weighted by Crippen LogP contribution is -2.21. The van der Waals surface area contributed by atoms with Crippen LogP contribution in [0.3, 0.4) is 0 Å². The highest BCUT2D eigenvalue weighted by Crippen LogP contribution is 2.32. The van der Waals surface area contributed by atoms with Crippen molar-refractivity contribution in [1.29, 1.82) is 0 Å². The minimum atomic E-state index is -4.60. The second kappa shape index (κ2) is 7.27. The first kappa shape index (κ1) is 19.0. The molecule has 3 nitrogen and oxygen atoms in total. The van der Waals surface area contributed by atoms with Gasteiger partial charge in [-0.25, -0.2) is 0 Å². The van der Waals surface area contributed by atoms with Crippen molar-refractivity contribution in [3.8, 4) is 0 Å². The molecule has 1 amide bonds. The number of anilines is 1. The van der Waals surface area contributed by atoms with E-state index < -0.39 is 28.8 Å². The smallest absolute Gasteiger partial charge is 0.390 e. The van der Waals surface area contributed by atoms with Gasteiger partial charge in [0.2, 0.25) is 0 Å². The zero-order valence-electron chi connectivity index (χ0n) is 14.0. The molecule has 0 spiro atoms. The maximum absolute atomic E-state index is 13.1. The lowest BCUT2D eigenvalue weighted by molar-refractivity contribution is -0.137. The first-order chi connectivity index (χ1) is 11.6. The SMILES string of the molecule is CC(C)(O)CCc1ccccc1NC(=O)c1ccccc1C(F)(F)F. The quantitative estimate of drug-likeness (QED) is 0.823. The molecule has 6 heteroatoms. The van der Waals surface area contributed by atoms with E-state index in [-0.39, 0.29) is 0 Å². The molecule has 134 valence electrons. The van der Waals surface area contributed by atoms with Gasteiger partial charge >= 0.3 is 6.18 Å². The Labute approximate surface area is 144 Å². The van der Waals surface area contributed by atoms with Crippen LogP contribution in [0.1, 0.15) is 41.8 Å². The molecule has 0 aliphatic rings. The fourth-order valence-electron chi connectivity index (χ4n) is 2.42. The Kier molecular flexibility index (Phi) is 5.52. The van der Waals surface area contributed by atoms with Crippen LogP contribution in [0.5, 0.6) is 0 Å². The number of alkyl halides is 3. The van der Waals surface area contributed by atoms with Crippen LogP contribution >= 0.6 is 0 Å². The number of carbonyl (C=O) groups excluding carboxylic acids is 1. The fraction of sp³-hybridized carbons (Fsp3) is 0.316. The van der Waals surface area contributed by atoms with Crippen molar-refractivity contribution in [1.82, 2.24) is 0 Å². The van der Waals surface area contributed by atoms with Crippen molar-refractivity contribution >= 4 is 11.6 Å². The minimum Gasteiger partial charge on any atom is -0.390 e. The van der Waals surface area contributed by atoms with Crippen molar-refractivity contribution in [2.75, 3.05) is 5.32 Å². The maximum Gasteiger partial charge on any atom is 0.417 e. The van der Waals surface area contributed by atoms with Crippen molar-refractivity contribution in [2.24, 2.45) is 0 Å². The van der Waals surface area contributed by atoms with Crippen LogP contribution in [0, 0.1) is 0 Å². The Morgan fingerprint density at radius 1 is 1.04 bits per heavy atom. The van der Waals surface area contributed by atoms with Gasteiger partial charge in [-0.1, -0.05) is 30.3 Å². The van der Waals surface area contributed by atoms with Crippen molar-refractivity contribution in [3.05, 3.63) is 65.2 Å². The number of benzene rings is 2. The lowest BCUT2D eigenvalue weighted by atomic mass is 9.97. The monoisotopic (exact) mass is 351 g/mol. The largest absolute Gasteiger partial charge is 0.417 e. The third kappa shape index (κ3) is 5.32. The summed E-state index contributed by atoms with van der Waals surface area (Å²) in [4.78, 5) is 12.4. The van der Waals surface area contributed by atoms with Crippen LogP contribution in [-0.2, 0) is 12.6 Å². The number of hydrogen-bond acceptors (Lipinski definition) is 2. The molecule has 25 heavy (non-hydrogen) atoms. The van der Waals surface area contributed by atoms with E-state index in [0.717, 1.165) is 17.7 Å². The number of carbonyl (C=O) groups is 1. The van der Waals surface area contributed by atoms with Crippen LogP contribution in [0.15, 0.2) is 48.5 Å². The first-order valence-corrected chi connectivity index (χ1v) is 7.86. The minimum absolute atomic E-state index is 0.424. The highest BCUT2D eigenvalue weighted by Gasteiger charge is 2.34. The van der Waals surface area contributed by atoms with Gasteiger partial charge in [-0.3, -0.25) is 4.79 Å². The number of halogens is 3. The van der Waals surface area contributed by atoms with Gasteiger partial charge in [0.25, 0.3) is 5.91 Å². The Morgan fingerprint density at radius 2 is 1.64 bits per heavy atom. The summed E-state index contributed by atoms with van der Waals surface area (Å²) in [5.41, 5.74) is -1.08. The van der Waals surface area contributed by atoms with Crippen LogP contribution in [0.2, 0.25) is 0 Å². The molecule has 2 aromatic carbocycles. The third-order valence-electron chi connectivity index (χ3n) is 3.75. The number of amides is 1. The van der Waals surface area contributed by atoms with Gasteiger partial charge in [-0.15, -0.1) is 0 Å². The molecule has 0 saturated carbocycles. The molecular weight excluding hydrogens is 331 g/mol. The predicted molar refractivity (Wildman–Crippen MR) is 90.5 cm³/mol. The van der Waals surface area contributed by atoms with Gasteiger partial charge in [0.15, 0.2) is 0 Å². The van der Waals surface area contributed by atoms with Crippen LogP contribution < -0.4 is 5.32 Å². The number of nitrogens with one attached hydrogen (secondary N) is 1. The van der Waals surface area contributed by atoms with Gasteiger partial charge < -0.3 is 10.4 Å². The molecule has 0 fully saturated rings. The Morgan fingerprint density at radius 3 is 2.28 bits per heavy atom. The van der Waals surface area contributed by atoms with E-state index in [1.54, 1.807) is 38.1 Å². The van der Waals surface area contributed by atoms with E-state index in [1.807, 2.05) is 0 Å². The number of hydrogen-bond donors (Lipinski definition) is 2. The number of aliphatic hydroxyl groups is 1. The summed E-state index contributed by atoms with van der Waals surface area (Å²) >= 11 is 0. The summed E-state index contributed by atoms with van der Waals surface area (Å²) in [6, 6.07) is 11.6. The number of para-hydroxylation sites is 1. The molecule has 0 atom stereocenters. The zero-order valence-corrected chi connectivity index (χ0v) is 14.0. The average Bonchev–Trinajstić information content (AvgIpc) is 2.52. The van der Waals surface area contributed by atoms with E-state index in [1.165, 1.54) is 12.1 Å². The van der Waals surface area contributed by atoms with E-state index in [4.69, 9.17) is 0 Å². The van der Waals surface area contributed by atoms with Crippen molar-refractivity contribution in [3.63, 3.8) is 0 Å². The molecule has 2 rings (SSSR count). The lowest BCUT2D eigenvalue weighted by Gasteiger charge is -2.18. The van der Waals surface area contributed by atoms with Crippen molar-refractivity contribution in [2.45, 2.75) is 38.5 Å². The summed E-state index contributed by atoms with van der Waals surface area (Å²) in [5.74, 6) is -0.816. The molecule has 0 heterocycles. The van der Waals surface area contributed by atoms with Crippen molar-refractivity contribution < 1.29 is 23.1 Å². The molecular formula is C19H20F3NO2. The van der Waals surface area contributed by atoms with Gasteiger partial charge in [0, 0.05) is 5.69 Å². The normalized spacial score (nSPS) is 12.1. The summed E-state index contributed by atoms with van der Waals surface area (Å²) < 4.78 is 39.2. The van der Waals surface area contributed by atoms with E-state index in [2.05, 4.69) is 5.32 Å². The molecule has 0 aromatic heterocycles. The molecule has 2 aromatic rings. The first-order valence-electron chi connectivity index (χ1n) is 7.86. The zero-order chi connectivity index (χ0) is 18.7. The molecule has 0 unspecified atom stereocenters. The topological polar surface area (TPSA) is 49.3 Å². The molecule has 0 radical (unpaired) electrons. The second-order valence-corrected chi connectivity index (χ2v) is 6.47. The third-order valence-corrected chi connectivity index (χ3v) is 3.75. The second-order valence-electron chi connectivity index (χ2n) is 6.47. The average molecular weight is 351 g/mol. The predicted octanol–water partition coefficient (Wildman–Crippen LogP) is 4.66. The fourth-order valence-corrected chi connectivity index (χ4v) is 2.42. The summed E-state index contributed by atoms with van der Waals surface area (Å²) in [7, 11) is 0. The number of aryl methyl sites for hydroxylation is 1. The van der Waals surface area contributed by atoms with E-state index in [0.29, 0.717) is 18.5 Å². The van der Waals surface area contributed by atoms with Gasteiger partial charge in [0.1, 0.15) is 0 Å². The summed E-state index contributed by atoms with van der Waals surface area (Å²) in [5, 5.41) is 12.4. The highest BCUT2D eigenvalue weighted by atomic mass is 19.4. The molecule has 0 saturated heterocycles. The molecule has 2 N–H and O–H groups in total. The van der Waals surface area contributed by atoms with Crippen LogP contribution in [-0.4, -0.2) is 16.6 Å². The van der Waals surface area contributed by atoms with Crippen LogP contribution in [0.25, 0.3) is 0 Å². The Hall–Kier alpha value is -2.34. The van der Waals surface area contributed by atoms with Crippen LogP contribution in [0.4, 0.5) is 18.9 Å².